The number of rotatable bonds is 4. The molecule has 0 radical (unpaired) electrons. The van der Waals surface area contributed by atoms with Gasteiger partial charge in [-0.2, -0.15) is 0 Å². The molecule has 1 aliphatic carbocycles. The number of thioether (sulfide) groups is 1. The molecule has 0 atom stereocenters. The molecule has 1 heterocycles. The molecule has 0 bridgehead atoms. The highest BCUT2D eigenvalue weighted by Gasteiger charge is 2.27. The Kier molecular flexibility index (Phi) is 4.33. The second-order valence-electron chi connectivity index (χ2n) is 6.03. The molecule has 5 heteroatoms. The van der Waals surface area contributed by atoms with Crippen LogP contribution >= 0.6 is 11.8 Å². The van der Waals surface area contributed by atoms with E-state index in [1.807, 2.05) is 11.6 Å². The van der Waals surface area contributed by atoms with E-state index in [1.165, 1.54) is 25.7 Å². The third kappa shape index (κ3) is 3.26. The van der Waals surface area contributed by atoms with Gasteiger partial charge >= 0.3 is 0 Å². The summed E-state index contributed by atoms with van der Waals surface area (Å²) in [6.07, 6.45) is 5.31. The van der Waals surface area contributed by atoms with Crippen LogP contribution in [-0.2, 0) is 13.7 Å². The lowest BCUT2D eigenvalue weighted by Gasteiger charge is -2.34. The van der Waals surface area contributed by atoms with Crippen molar-refractivity contribution in [1.82, 2.24) is 14.8 Å². The quantitative estimate of drug-likeness (QED) is 0.854. The second-order valence-corrected chi connectivity index (χ2v) is 7.02. The molecule has 0 amide bonds. The van der Waals surface area contributed by atoms with E-state index in [9.17, 15) is 0 Å². The Morgan fingerprint density at radius 1 is 1.33 bits per heavy atom. The molecule has 0 unspecified atom stereocenters. The predicted molar refractivity (Wildman–Crippen MR) is 73.4 cm³/mol. The molecule has 1 fully saturated rings. The van der Waals surface area contributed by atoms with E-state index in [1.54, 1.807) is 11.8 Å². The Bertz CT molecular complexity index is 393. The first-order chi connectivity index (χ1) is 8.52. The average Bonchev–Trinajstić information content (AvgIpc) is 2.69. The standard InChI is InChI=1S/C13H23N3OS/c1-13(2)6-4-10(5-7-13)9-18-12-15-14-11(8-17)16(12)3/h10,17H,4-9H2,1-3H3. The van der Waals surface area contributed by atoms with Crippen molar-refractivity contribution in [3.8, 4) is 0 Å². The third-order valence-electron chi connectivity index (χ3n) is 3.97. The van der Waals surface area contributed by atoms with Crippen molar-refractivity contribution in [2.45, 2.75) is 51.3 Å². The Hall–Kier alpha value is -0.550. The summed E-state index contributed by atoms with van der Waals surface area (Å²) < 4.78 is 1.89. The normalized spacial score (nSPS) is 20.2. The maximum Gasteiger partial charge on any atom is 0.191 e. The minimum atomic E-state index is -0.0400. The number of hydrogen-bond donors (Lipinski definition) is 1. The number of nitrogens with zero attached hydrogens (tertiary/aromatic N) is 3. The van der Waals surface area contributed by atoms with Crippen molar-refractivity contribution in [3.05, 3.63) is 5.82 Å². The van der Waals surface area contributed by atoms with Gasteiger partial charge in [0.2, 0.25) is 0 Å². The van der Waals surface area contributed by atoms with E-state index < -0.39 is 0 Å². The summed E-state index contributed by atoms with van der Waals surface area (Å²) in [5.41, 5.74) is 0.538. The van der Waals surface area contributed by atoms with Gasteiger partial charge < -0.3 is 9.67 Å². The van der Waals surface area contributed by atoms with Crippen LogP contribution in [0.2, 0.25) is 0 Å². The third-order valence-corrected chi connectivity index (χ3v) is 5.23. The van der Waals surface area contributed by atoms with Crippen LogP contribution in [-0.4, -0.2) is 25.6 Å². The van der Waals surface area contributed by atoms with Crippen LogP contribution in [0.4, 0.5) is 0 Å². The average molecular weight is 269 g/mol. The maximum absolute atomic E-state index is 9.07. The van der Waals surface area contributed by atoms with Gasteiger partial charge in [-0.15, -0.1) is 10.2 Å². The summed E-state index contributed by atoms with van der Waals surface area (Å²) in [7, 11) is 1.91. The Labute approximate surface area is 113 Å². The van der Waals surface area contributed by atoms with Gasteiger partial charge in [-0.1, -0.05) is 25.6 Å². The zero-order valence-corrected chi connectivity index (χ0v) is 12.3. The van der Waals surface area contributed by atoms with Crippen LogP contribution < -0.4 is 0 Å². The molecule has 1 saturated carbocycles. The van der Waals surface area contributed by atoms with Gasteiger partial charge in [-0.25, -0.2) is 0 Å². The molecule has 18 heavy (non-hydrogen) atoms. The van der Waals surface area contributed by atoms with Crippen molar-refractivity contribution < 1.29 is 5.11 Å². The Morgan fingerprint density at radius 2 is 2.00 bits per heavy atom. The van der Waals surface area contributed by atoms with Gasteiger partial charge in [0.05, 0.1) is 0 Å². The highest BCUT2D eigenvalue weighted by Crippen LogP contribution is 2.39. The molecule has 0 aromatic carbocycles. The monoisotopic (exact) mass is 269 g/mol. The van der Waals surface area contributed by atoms with Gasteiger partial charge in [0.25, 0.3) is 0 Å². The van der Waals surface area contributed by atoms with E-state index >= 15 is 0 Å². The first-order valence-corrected chi connectivity index (χ1v) is 7.62. The highest BCUT2D eigenvalue weighted by atomic mass is 32.2. The number of hydrogen-bond acceptors (Lipinski definition) is 4. The van der Waals surface area contributed by atoms with E-state index in [4.69, 9.17) is 5.11 Å². The first-order valence-electron chi connectivity index (χ1n) is 6.64. The van der Waals surface area contributed by atoms with E-state index in [0.717, 1.165) is 16.8 Å². The fourth-order valence-electron chi connectivity index (χ4n) is 2.43. The topological polar surface area (TPSA) is 50.9 Å². The lowest BCUT2D eigenvalue weighted by atomic mass is 9.74. The molecular formula is C13H23N3OS. The molecule has 2 rings (SSSR count). The van der Waals surface area contributed by atoms with Gasteiger partial charge in [0, 0.05) is 12.8 Å². The van der Waals surface area contributed by atoms with Crippen molar-refractivity contribution in [3.63, 3.8) is 0 Å². The van der Waals surface area contributed by atoms with E-state index in [-0.39, 0.29) is 6.61 Å². The summed E-state index contributed by atoms with van der Waals surface area (Å²) in [6, 6.07) is 0. The van der Waals surface area contributed by atoms with Crippen LogP contribution in [0.1, 0.15) is 45.4 Å². The Balaban J connectivity index is 1.83. The van der Waals surface area contributed by atoms with Gasteiger partial charge in [0.1, 0.15) is 6.61 Å². The predicted octanol–water partition coefficient (Wildman–Crippen LogP) is 2.62. The van der Waals surface area contributed by atoms with Crippen LogP contribution in [0, 0.1) is 11.3 Å². The van der Waals surface area contributed by atoms with Crippen LogP contribution in [0.3, 0.4) is 0 Å². The van der Waals surface area contributed by atoms with Gasteiger partial charge in [-0.05, 0) is 37.0 Å². The van der Waals surface area contributed by atoms with Crippen LogP contribution in [0.5, 0.6) is 0 Å². The highest BCUT2D eigenvalue weighted by molar-refractivity contribution is 7.99. The molecule has 0 saturated heterocycles. The zero-order valence-electron chi connectivity index (χ0n) is 11.5. The molecular weight excluding hydrogens is 246 g/mol. The number of aliphatic hydroxyl groups is 1. The molecule has 1 aromatic rings. The van der Waals surface area contributed by atoms with Crippen molar-refractivity contribution in [1.29, 1.82) is 0 Å². The van der Waals surface area contributed by atoms with Crippen molar-refractivity contribution in [2.75, 3.05) is 5.75 Å². The molecule has 0 aliphatic heterocycles. The number of aliphatic hydroxyl groups excluding tert-OH is 1. The van der Waals surface area contributed by atoms with Gasteiger partial charge in [0.15, 0.2) is 11.0 Å². The van der Waals surface area contributed by atoms with Crippen molar-refractivity contribution >= 4 is 11.8 Å². The SMILES string of the molecule is Cn1c(CO)nnc1SCC1CCC(C)(C)CC1. The zero-order chi connectivity index (χ0) is 13.2. The first kappa shape index (κ1) is 13.9. The lowest BCUT2D eigenvalue weighted by Crippen LogP contribution is -2.22. The summed E-state index contributed by atoms with van der Waals surface area (Å²) in [6.45, 7) is 4.70. The molecule has 102 valence electrons. The molecule has 4 nitrogen and oxygen atoms in total. The van der Waals surface area contributed by atoms with E-state index in [2.05, 4.69) is 24.0 Å². The fraction of sp³-hybridized carbons (Fsp3) is 0.846. The fourth-order valence-corrected chi connectivity index (χ4v) is 3.54. The summed E-state index contributed by atoms with van der Waals surface area (Å²) in [5.74, 6) is 2.56. The molecule has 0 spiro atoms. The van der Waals surface area contributed by atoms with E-state index in [0.29, 0.717) is 11.2 Å². The molecule has 1 aromatic heterocycles. The van der Waals surface area contributed by atoms with Crippen molar-refractivity contribution in [2.24, 2.45) is 18.4 Å². The molecule has 1 aliphatic rings. The minimum absolute atomic E-state index is 0.0400. The molecule has 1 N–H and O–H groups in total. The lowest BCUT2D eigenvalue weighted by molar-refractivity contribution is 0.203. The summed E-state index contributed by atoms with van der Waals surface area (Å²) in [5, 5.41) is 18.1. The van der Waals surface area contributed by atoms with Gasteiger partial charge in [-0.3, -0.25) is 0 Å². The smallest absolute Gasteiger partial charge is 0.191 e. The number of aromatic nitrogens is 3. The maximum atomic E-state index is 9.07. The summed E-state index contributed by atoms with van der Waals surface area (Å²) >= 11 is 1.77. The Morgan fingerprint density at radius 3 is 2.56 bits per heavy atom. The summed E-state index contributed by atoms with van der Waals surface area (Å²) in [4.78, 5) is 0. The minimum Gasteiger partial charge on any atom is -0.388 e. The second kappa shape index (κ2) is 5.61. The van der Waals surface area contributed by atoms with Crippen LogP contribution in [0.15, 0.2) is 5.16 Å². The largest absolute Gasteiger partial charge is 0.388 e. The van der Waals surface area contributed by atoms with Crippen LogP contribution in [0.25, 0.3) is 0 Å².